The number of hydrogen-bond acceptors (Lipinski definition) is 4. The Labute approximate surface area is 110 Å². The molecule has 0 aliphatic heterocycles. The number of aliphatic hydroxyl groups is 1. The fourth-order valence-electron chi connectivity index (χ4n) is 2.06. The average molecular weight is 300 g/mol. The lowest BCUT2D eigenvalue weighted by molar-refractivity contribution is 0.144. The van der Waals surface area contributed by atoms with Gasteiger partial charge in [-0.15, -0.1) is 0 Å². The Hall–Kier alpha value is -0.680. The van der Waals surface area contributed by atoms with Crippen LogP contribution in [0, 0.1) is 0 Å². The molecule has 1 heterocycles. The average Bonchev–Trinajstić information content (AvgIpc) is 2.23. The van der Waals surface area contributed by atoms with Crippen LogP contribution in [0.15, 0.2) is 10.7 Å². The summed E-state index contributed by atoms with van der Waals surface area (Å²) in [5.74, 6) is 1.65. The highest BCUT2D eigenvalue weighted by atomic mass is 79.9. The number of hydrogen-bond donors (Lipinski definition) is 2. The molecule has 5 heteroatoms. The van der Waals surface area contributed by atoms with Crippen molar-refractivity contribution in [2.45, 2.75) is 44.6 Å². The second-order valence-corrected chi connectivity index (χ2v) is 5.47. The molecule has 2 N–H and O–H groups in total. The van der Waals surface area contributed by atoms with Gasteiger partial charge in [0.25, 0.3) is 0 Å². The summed E-state index contributed by atoms with van der Waals surface area (Å²) in [5, 5.41) is 12.8. The molecule has 0 radical (unpaired) electrons. The summed E-state index contributed by atoms with van der Waals surface area (Å²) in [4.78, 5) is 8.80. The summed E-state index contributed by atoms with van der Waals surface area (Å²) in [6.45, 7) is 2.27. The number of halogens is 1. The SMILES string of the molecule is CCCc1nc(Br)cc(NC2(CO)CCC2)n1. The zero-order valence-electron chi connectivity index (χ0n) is 10.0. The molecule has 0 saturated heterocycles. The normalized spacial score (nSPS) is 17.6. The van der Waals surface area contributed by atoms with Gasteiger partial charge in [0, 0.05) is 12.5 Å². The van der Waals surface area contributed by atoms with Gasteiger partial charge in [-0.3, -0.25) is 0 Å². The predicted octanol–water partition coefficient (Wildman–Crippen LogP) is 2.52. The molecule has 0 spiro atoms. The van der Waals surface area contributed by atoms with Crippen LogP contribution in [0.25, 0.3) is 0 Å². The third-order valence-electron chi connectivity index (χ3n) is 3.22. The lowest BCUT2D eigenvalue weighted by atomic mass is 9.77. The molecule has 0 amide bonds. The van der Waals surface area contributed by atoms with Crippen molar-refractivity contribution in [3.8, 4) is 0 Å². The first kappa shape index (κ1) is 12.8. The van der Waals surface area contributed by atoms with Gasteiger partial charge in [-0.2, -0.15) is 0 Å². The number of aryl methyl sites for hydroxylation is 1. The Balaban J connectivity index is 2.14. The first-order valence-corrected chi connectivity index (χ1v) is 6.89. The van der Waals surface area contributed by atoms with Crippen LogP contribution in [-0.2, 0) is 6.42 Å². The molecular weight excluding hydrogens is 282 g/mol. The Bertz CT molecular complexity index is 388. The Kier molecular flexibility index (Phi) is 3.99. The first-order valence-electron chi connectivity index (χ1n) is 6.10. The second-order valence-electron chi connectivity index (χ2n) is 4.66. The van der Waals surface area contributed by atoms with E-state index < -0.39 is 0 Å². The minimum atomic E-state index is -0.155. The van der Waals surface area contributed by atoms with Crippen LogP contribution in [0.3, 0.4) is 0 Å². The molecule has 0 unspecified atom stereocenters. The summed E-state index contributed by atoms with van der Waals surface area (Å²) in [5.41, 5.74) is -0.155. The van der Waals surface area contributed by atoms with E-state index in [1.807, 2.05) is 6.07 Å². The van der Waals surface area contributed by atoms with Crippen molar-refractivity contribution in [2.75, 3.05) is 11.9 Å². The van der Waals surface area contributed by atoms with Gasteiger partial charge < -0.3 is 10.4 Å². The topological polar surface area (TPSA) is 58.0 Å². The highest BCUT2D eigenvalue weighted by Gasteiger charge is 2.36. The van der Waals surface area contributed by atoms with Gasteiger partial charge in [0.05, 0.1) is 12.1 Å². The third-order valence-corrected chi connectivity index (χ3v) is 3.63. The third kappa shape index (κ3) is 2.96. The molecule has 1 saturated carbocycles. The number of anilines is 1. The van der Waals surface area contributed by atoms with Crippen LogP contribution in [0.1, 0.15) is 38.4 Å². The van der Waals surface area contributed by atoms with Gasteiger partial charge in [0.2, 0.25) is 0 Å². The number of aromatic nitrogens is 2. The molecule has 1 aromatic rings. The van der Waals surface area contributed by atoms with Crippen LogP contribution in [-0.4, -0.2) is 27.2 Å². The van der Waals surface area contributed by atoms with E-state index in [0.29, 0.717) is 0 Å². The second kappa shape index (κ2) is 5.31. The monoisotopic (exact) mass is 299 g/mol. The Morgan fingerprint density at radius 2 is 2.24 bits per heavy atom. The molecule has 1 fully saturated rings. The largest absolute Gasteiger partial charge is 0.394 e. The quantitative estimate of drug-likeness (QED) is 0.820. The molecule has 0 atom stereocenters. The van der Waals surface area contributed by atoms with Gasteiger partial charge >= 0.3 is 0 Å². The molecule has 1 aromatic heterocycles. The molecule has 0 bridgehead atoms. The smallest absolute Gasteiger partial charge is 0.132 e. The lowest BCUT2D eigenvalue weighted by Gasteiger charge is -2.41. The molecule has 2 rings (SSSR count). The Morgan fingerprint density at radius 1 is 1.47 bits per heavy atom. The van der Waals surface area contributed by atoms with Crippen molar-refractivity contribution in [3.05, 3.63) is 16.5 Å². The number of aliphatic hydroxyl groups excluding tert-OH is 1. The van der Waals surface area contributed by atoms with E-state index in [-0.39, 0.29) is 12.1 Å². The summed E-state index contributed by atoms with van der Waals surface area (Å²) < 4.78 is 0.797. The summed E-state index contributed by atoms with van der Waals surface area (Å²) in [6.07, 6.45) is 5.09. The fraction of sp³-hybridized carbons (Fsp3) is 0.667. The van der Waals surface area contributed by atoms with Crippen LogP contribution in [0.5, 0.6) is 0 Å². The first-order chi connectivity index (χ1) is 8.17. The van der Waals surface area contributed by atoms with Gasteiger partial charge in [0.1, 0.15) is 16.2 Å². The van der Waals surface area contributed by atoms with Gasteiger partial charge in [-0.1, -0.05) is 6.92 Å². The van der Waals surface area contributed by atoms with Crippen molar-refractivity contribution >= 4 is 21.7 Å². The lowest BCUT2D eigenvalue weighted by Crippen LogP contribution is -2.48. The minimum absolute atomic E-state index is 0.155. The van der Waals surface area contributed by atoms with Crippen LogP contribution >= 0.6 is 15.9 Å². The van der Waals surface area contributed by atoms with E-state index >= 15 is 0 Å². The van der Waals surface area contributed by atoms with Gasteiger partial charge in [-0.25, -0.2) is 9.97 Å². The maximum Gasteiger partial charge on any atom is 0.132 e. The van der Waals surface area contributed by atoms with Crippen LogP contribution in [0.4, 0.5) is 5.82 Å². The summed E-state index contributed by atoms with van der Waals surface area (Å²) >= 11 is 3.40. The number of rotatable bonds is 5. The van der Waals surface area contributed by atoms with E-state index in [4.69, 9.17) is 0 Å². The van der Waals surface area contributed by atoms with Crippen molar-refractivity contribution in [3.63, 3.8) is 0 Å². The van der Waals surface area contributed by atoms with E-state index in [9.17, 15) is 5.11 Å². The highest BCUT2D eigenvalue weighted by molar-refractivity contribution is 9.10. The molecule has 1 aliphatic carbocycles. The van der Waals surface area contributed by atoms with Gasteiger partial charge in [-0.05, 0) is 41.6 Å². The number of nitrogens with zero attached hydrogens (tertiary/aromatic N) is 2. The molecule has 1 aliphatic rings. The molecular formula is C12H18BrN3O. The van der Waals surface area contributed by atoms with E-state index in [0.717, 1.165) is 41.9 Å². The van der Waals surface area contributed by atoms with Crippen molar-refractivity contribution in [1.29, 1.82) is 0 Å². The van der Waals surface area contributed by atoms with E-state index in [2.05, 4.69) is 38.1 Å². The van der Waals surface area contributed by atoms with Crippen molar-refractivity contribution in [1.82, 2.24) is 9.97 Å². The maximum atomic E-state index is 9.42. The Morgan fingerprint density at radius 3 is 2.76 bits per heavy atom. The van der Waals surface area contributed by atoms with Crippen LogP contribution in [0.2, 0.25) is 0 Å². The van der Waals surface area contributed by atoms with Gasteiger partial charge in [0.15, 0.2) is 0 Å². The van der Waals surface area contributed by atoms with E-state index in [1.54, 1.807) is 0 Å². The highest BCUT2D eigenvalue weighted by Crippen LogP contribution is 2.34. The molecule has 17 heavy (non-hydrogen) atoms. The van der Waals surface area contributed by atoms with Crippen LogP contribution < -0.4 is 5.32 Å². The zero-order chi connectivity index (χ0) is 12.3. The number of nitrogens with one attached hydrogen (secondary N) is 1. The molecule has 94 valence electrons. The van der Waals surface area contributed by atoms with Crippen molar-refractivity contribution < 1.29 is 5.11 Å². The predicted molar refractivity (Wildman–Crippen MR) is 71.0 cm³/mol. The zero-order valence-corrected chi connectivity index (χ0v) is 11.6. The standard InChI is InChI=1S/C12H18BrN3O/c1-2-4-10-14-9(13)7-11(15-10)16-12(8-17)5-3-6-12/h7,17H,2-6,8H2,1H3,(H,14,15,16). The summed E-state index contributed by atoms with van der Waals surface area (Å²) in [7, 11) is 0. The summed E-state index contributed by atoms with van der Waals surface area (Å²) in [6, 6.07) is 1.87. The fourth-order valence-corrected chi connectivity index (χ4v) is 2.48. The molecule has 0 aromatic carbocycles. The minimum Gasteiger partial charge on any atom is -0.394 e. The maximum absolute atomic E-state index is 9.42. The van der Waals surface area contributed by atoms with E-state index in [1.165, 1.54) is 6.42 Å². The van der Waals surface area contributed by atoms with Crippen molar-refractivity contribution in [2.24, 2.45) is 0 Å². The molecule has 4 nitrogen and oxygen atoms in total.